The van der Waals surface area contributed by atoms with Crippen LogP contribution < -0.4 is 5.32 Å². The zero-order valence-electron chi connectivity index (χ0n) is 12.8. The van der Waals surface area contributed by atoms with Gasteiger partial charge in [0.05, 0.1) is 0 Å². The Morgan fingerprint density at radius 3 is 2.62 bits per heavy atom. The third-order valence-corrected chi connectivity index (χ3v) is 4.17. The molecule has 0 aliphatic heterocycles. The Bertz CT molecular complexity index is 441. The summed E-state index contributed by atoms with van der Waals surface area (Å²) in [6.45, 7) is 2.36. The molecule has 0 bridgehead atoms. The summed E-state index contributed by atoms with van der Waals surface area (Å²) in [5.41, 5.74) is 0.920. The molecule has 2 rings (SSSR count). The molecule has 1 aromatic rings. The Labute approximate surface area is 126 Å². The monoisotopic (exact) mass is 292 g/mol. The first-order valence-corrected chi connectivity index (χ1v) is 7.83. The Morgan fingerprint density at radius 1 is 1.29 bits per heavy atom. The SMILES string of the molecule is CN(CCC(=O)NCc1ccc(F)cc1)CC1CCCC1. The molecule has 0 unspecified atom stereocenters. The largest absolute Gasteiger partial charge is 0.352 e. The first-order valence-electron chi connectivity index (χ1n) is 7.83. The normalized spacial score (nSPS) is 15.6. The van der Waals surface area contributed by atoms with Gasteiger partial charge in [0.1, 0.15) is 5.82 Å². The topological polar surface area (TPSA) is 32.3 Å². The highest BCUT2D eigenvalue weighted by molar-refractivity contribution is 5.76. The fourth-order valence-corrected chi connectivity index (χ4v) is 2.91. The molecule has 4 heteroatoms. The van der Waals surface area contributed by atoms with Crippen molar-refractivity contribution in [3.63, 3.8) is 0 Å². The summed E-state index contributed by atoms with van der Waals surface area (Å²) in [7, 11) is 2.09. The number of benzene rings is 1. The zero-order chi connectivity index (χ0) is 15.1. The second kappa shape index (κ2) is 8.13. The first-order chi connectivity index (χ1) is 10.1. The van der Waals surface area contributed by atoms with E-state index in [1.54, 1.807) is 12.1 Å². The lowest BCUT2D eigenvalue weighted by atomic mass is 10.1. The van der Waals surface area contributed by atoms with Crippen molar-refractivity contribution in [1.29, 1.82) is 0 Å². The minimum atomic E-state index is -0.251. The van der Waals surface area contributed by atoms with Crippen molar-refractivity contribution >= 4 is 5.91 Å². The summed E-state index contributed by atoms with van der Waals surface area (Å²) in [6.07, 6.45) is 5.90. The number of halogens is 1. The molecule has 1 aromatic carbocycles. The maximum absolute atomic E-state index is 12.8. The number of carbonyl (C=O) groups is 1. The van der Waals surface area contributed by atoms with Gasteiger partial charge in [-0.1, -0.05) is 25.0 Å². The van der Waals surface area contributed by atoms with Crippen molar-refractivity contribution in [3.05, 3.63) is 35.6 Å². The standard InChI is InChI=1S/C17H25FN2O/c1-20(13-15-4-2-3-5-15)11-10-17(21)19-12-14-6-8-16(18)9-7-14/h6-9,15H,2-5,10-13H2,1H3,(H,19,21). The van der Waals surface area contributed by atoms with Crippen LogP contribution in [0.25, 0.3) is 0 Å². The lowest BCUT2D eigenvalue weighted by Crippen LogP contribution is -2.30. The Balaban J connectivity index is 1.61. The predicted octanol–water partition coefficient (Wildman–Crippen LogP) is 2.95. The van der Waals surface area contributed by atoms with E-state index in [-0.39, 0.29) is 11.7 Å². The molecular formula is C17H25FN2O. The van der Waals surface area contributed by atoms with Crippen LogP contribution in [0.3, 0.4) is 0 Å². The van der Waals surface area contributed by atoms with E-state index in [0.717, 1.165) is 24.6 Å². The number of nitrogens with zero attached hydrogens (tertiary/aromatic N) is 1. The molecule has 0 atom stereocenters. The van der Waals surface area contributed by atoms with E-state index < -0.39 is 0 Å². The van der Waals surface area contributed by atoms with Gasteiger partial charge in [-0.25, -0.2) is 4.39 Å². The van der Waals surface area contributed by atoms with E-state index in [2.05, 4.69) is 17.3 Å². The smallest absolute Gasteiger partial charge is 0.221 e. The number of hydrogen-bond donors (Lipinski definition) is 1. The molecule has 1 aliphatic carbocycles. The summed E-state index contributed by atoms with van der Waals surface area (Å²) in [5, 5.41) is 2.88. The Morgan fingerprint density at radius 2 is 1.95 bits per heavy atom. The van der Waals surface area contributed by atoms with Crippen molar-refractivity contribution in [3.8, 4) is 0 Å². The highest BCUT2D eigenvalue weighted by Crippen LogP contribution is 2.25. The van der Waals surface area contributed by atoms with Crippen molar-refractivity contribution in [2.75, 3.05) is 20.1 Å². The van der Waals surface area contributed by atoms with E-state index in [1.165, 1.54) is 37.8 Å². The first kappa shape index (κ1) is 16.0. The Hall–Kier alpha value is -1.42. The molecule has 1 amide bonds. The van der Waals surface area contributed by atoms with Crippen molar-refractivity contribution in [2.45, 2.75) is 38.6 Å². The van der Waals surface area contributed by atoms with E-state index in [0.29, 0.717) is 13.0 Å². The maximum atomic E-state index is 12.8. The van der Waals surface area contributed by atoms with Gasteiger partial charge < -0.3 is 10.2 Å². The lowest BCUT2D eigenvalue weighted by molar-refractivity contribution is -0.121. The molecule has 0 saturated heterocycles. The number of hydrogen-bond acceptors (Lipinski definition) is 2. The van der Waals surface area contributed by atoms with E-state index in [4.69, 9.17) is 0 Å². The van der Waals surface area contributed by atoms with Gasteiger partial charge >= 0.3 is 0 Å². The summed E-state index contributed by atoms with van der Waals surface area (Å²) in [6, 6.07) is 6.22. The van der Waals surface area contributed by atoms with Crippen LogP contribution in [0.2, 0.25) is 0 Å². The fourth-order valence-electron chi connectivity index (χ4n) is 2.91. The van der Waals surface area contributed by atoms with Crippen LogP contribution >= 0.6 is 0 Å². The minimum absolute atomic E-state index is 0.0533. The summed E-state index contributed by atoms with van der Waals surface area (Å²) in [5.74, 6) is 0.619. The van der Waals surface area contributed by atoms with Crippen LogP contribution in [-0.2, 0) is 11.3 Å². The van der Waals surface area contributed by atoms with Crippen LogP contribution in [0.4, 0.5) is 4.39 Å². The molecule has 1 N–H and O–H groups in total. The summed E-state index contributed by atoms with van der Waals surface area (Å²) >= 11 is 0. The fraction of sp³-hybridized carbons (Fsp3) is 0.588. The molecular weight excluding hydrogens is 267 g/mol. The molecule has 1 aliphatic rings. The highest BCUT2D eigenvalue weighted by Gasteiger charge is 2.16. The third kappa shape index (κ3) is 5.84. The second-order valence-corrected chi connectivity index (χ2v) is 6.07. The average molecular weight is 292 g/mol. The van der Waals surface area contributed by atoms with E-state index >= 15 is 0 Å². The molecule has 0 radical (unpaired) electrons. The molecule has 0 heterocycles. The zero-order valence-corrected chi connectivity index (χ0v) is 12.8. The summed E-state index contributed by atoms with van der Waals surface area (Å²) in [4.78, 5) is 14.1. The quantitative estimate of drug-likeness (QED) is 0.838. The molecule has 116 valence electrons. The van der Waals surface area contributed by atoms with Crippen LogP contribution in [0.5, 0.6) is 0 Å². The number of amides is 1. The van der Waals surface area contributed by atoms with Crippen molar-refractivity contribution in [1.82, 2.24) is 10.2 Å². The lowest BCUT2D eigenvalue weighted by Gasteiger charge is -2.20. The maximum Gasteiger partial charge on any atom is 0.221 e. The molecule has 0 aromatic heterocycles. The third-order valence-electron chi connectivity index (χ3n) is 4.17. The van der Waals surface area contributed by atoms with Gasteiger partial charge in [0.15, 0.2) is 0 Å². The van der Waals surface area contributed by atoms with Gasteiger partial charge in [0.25, 0.3) is 0 Å². The van der Waals surface area contributed by atoms with Gasteiger partial charge in [-0.3, -0.25) is 4.79 Å². The minimum Gasteiger partial charge on any atom is -0.352 e. The van der Waals surface area contributed by atoms with Gasteiger partial charge in [-0.05, 0) is 43.5 Å². The van der Waals surface area contributed by atoms with Gasteiger partial charge in [-0.15, -0.1) is 0 Å². The van der Waals surface area contributed by atoms with Gasteiger partial charge in [-0.2, -0.15) is 0 Å². The molecule has 1 saturated carbocycles. The molecule has 3 nitrogen and oxygen atoms in total. The molecule has 0 spiro atoms. The second-order valence-electron chi connectivity index (χ2n) is 6.07. The number of carbonyl (C=O) groups excluding carboxylic acids is 1. The van der Waals surface area contributed by atoms with Gasteiger partial charge in [0.2, 0.25) is 5.91 Å². The average Bonchev–Trinajstić information content (AvgIpc) is 2.97. The van der Waals surface area contributed by atoms with Crippen LogP contribution in [-0.4, -0.2) is 30.9 Å². The predicted molar refractivity (Wildman–Crippen MR) is 82.3 cm³/mol. The van der Waals surface area contributed by atoms with Crippen LogP contribution in [0, 0.1) is 11.7 Å². The van der Waals surface area contributed by atoms with Crippen molar-refractivity contribution in [2.24, 2.45) is 5.92 Å². The Kier molecular flexibility index (Phi) is 6.18. The van der Waals surface area contributed by atoms with Gasteiger partial charge in [0, 0.05) is 26.1 Å². The number of nitrogens with one attached hydrogen (secondary N) is 1. The van der Waals surface area contributed by atoms with E-state index in [1.807, 2.05) is 0 Å². The summed E-state index contributed by atoms with van der Waals surface area (Å²) < 4.78 is 12.8. The van der Waals surface area contributed by atoms with Crippen LogP contribution in [0.15, 0.2) is 24.3 Å². The number of rotatable bonds is 7. The van der Waals surface area contributed by atoms with Crippen molar-refractivity contribution < 1.29 is 9.18 Å². The van der Waals surface area contributed by atoms with Crippen LogP contribution in [0.1, 0.15) is 37.7 Å². The molecule has 21 heavy (non-hydrogen) atoms. The highest BCUT2D eigenvalue weighted by atomic mass is 19.1. The molecule has 1 fully saturated rings. The van der Waals surface area contributed by atoms with E-state index in [9.17, 15) is 9.18 Å².